The van der Waals surface area contributed by atoms with Crippen molar-refractivity contribution in [3.05, 3.63) is 86.8 Å². The van der Waals surface area contributed by atoms with Crippen LogP contribution in [0.4, 0.5) is 5.69 Å². The predicted molar refractivity (Wildman–Crippen MR) is 90.4 cm³/mol. The Kier molecular flexibility index (Phi) is 4.60. The van der Waals surface area contributed by atoms with Crippen LogP contribution in [0.2, 0.25) is 0 Å². The molecule has 2 heterocycles. The van der Waals surface area contributed by atoms with Crippen molar-refractivity contribution >= 4 is 5.69 Å². The molecule has 8 nitrogen and oxygen atoms in total. The highest BCUT2D eigenvalue weighted by atomic mass is 16.6. The van der Waals surface area contributed by atoms with Crippen LogP contribution in [0.1, 0.15) is 11.4 Å². The molecule has 0 spiro atoms. The molecule has 0 radical (unpaired) electrons. The number of rotatable bonds is 6. The Hall–Kier alpha value is -3.42. The zero-order chi connectivity index (χ0) is 17.8. The maximum Gasteiger partial charge on any atom is 0.285 e. The highest BCUT2D eigenvalue weighted by molar-refractivity contribution is 5.29. The lowest BCUT2D eigenvalue weighted by molar-refractivity contribution is -0.385. The summed E-state index contributed by atoms with van der Waals surface area (Å²) in [5, 5.41) is 10.8. The van der Waals surface area contributed by atoms with E-state index in [1.807, 2.05) is 29.9 Å². The molecule has 0 amide bonds. The molecule has 0 fully saturated rings. The Morgan fingerprint density at radius 2 is 1.96 bits per heavy atom. The molecule has 8 heteroatoms. The SMILES string of the molecule is Cn1ccnc1COc1ccc(Cn2cc([N+](=O)[O-])ccc2=O)cc1. The van der Waals surface area contributed by atoms with Gasteiger partial charge in [-0.1, -0.05) is 12.1 Å². The van der Waals surface area contributed by atoms with Crippen molar-refractivity contribution in [2.75, 3.05) is 0 Å². The number of aromatic nitrogens is 3. The van der Waals surface area contributed by atoms with Crippen LogP contribution in [0.3, 0.4) is 0 Å². The zero-order valence-corrected chi connectivity index (χ0v) is 13.5. The van der Waals surface area contributed by atoms with E-state index >= 15 is 0 Å². The summed E-state index contributed by atoms with van der Waals surface area (Å²) in [7, 11) is 1.89. The Balaban J connectivity index is 1.68. The summed E-state index contributed by atoms with van der Waals surface area (Å²) < 4.78 is 8.86. The summed E-state index contributed by atoms with van der Waals surface area (Å²) in [5.74, 6) is 1.49. The number of ether oxygens (including phenoxy) is 1. The van der Waals surface area contributed by atoms with Crippen molar-refractivity contribution in [2.24, 2.45) is 7.05 Å². The van der Waals surface area contributed by atoms with Gasteiger partial charge in [-0.3, -0.25) is 14.9 Å². The second-order valence-corrected chi connectivity index (χ2v) is 5.50. The van der Waals surface area contributed by atoms with Gasteiger partial charge in [0, 0.05) is 31.6 Å². The third kappa shape index (κ3) is 3.92. The quantitative estimate of drug-likeness (QED) is 0.506. The largest absolute Gasteiger partial charge is 0.486 e. The van der Waals surface area contributed by atoms with Crippen molar-refractivity contribution in [1.29, 1.82) is 0 Å². The zero-order valence-electron chi connectivity index (χ0n) is 13.5. The summed E-state index contributed by atoms with van der Waals surface area (Å²) in [6.45, 7) is 0.605. The second kappa shape index (κ2) is 7.00. The average Bonchev–Trinajstić information content (AvgIpc) is 3.01. The molecular formula is C17H16N4O4. The number of imidazole rings is 1. The number of benzene rings is 1. The summed E-state index contributed by atoms with van der Waals surface area (Å²) in [5.41, 5.74) is 0.433. The molecule has 0 unspecified atom stereocenters. The van der Waals surface area contributed by atoms with Crippen LogP contribution in [0.15, 0.2) is 59.8 Å². The van der Waals surface area contributed by atoms with Gasteiger partial charge >= 0.3 is 0 Å². The van der Waals surface area contributed by atoms with E-state index in [1.54, 1.807) is 18.3 Å². The van der Waals surface area contributed by atoms with Crippen LogP contribution in [0.25, 0.3) is 0 Å². The minimum Gasteiger partial charge on any atom is -0.486 e. The fourth-order valence-corrected chi connectivity index (χ4v) is 2.32. The molecule has 0 aliphatic carbocycles. The van der Waals surface area contributed by atoms with Gasteiger partial charge in [0.05, 0.1) is 17.7 Å². The minimum absolute atomic E-state index is 0.116. The Morgan fingerprint density at radius 3 is 2.60 bits per heavy atom. The molecule has 3 aromatic rings. The van der Waals surface area contributed by atoms with E-state index < -0.39 is 4.92 Å². The molecule has 2 aromatic heterocycles. The van der Waals surface area contributed by atoms with Gasteiger partial charge in [-0.2, -0.15) is 0 Å². The lowest BCUT2D eigenvalue weighted by Gasteiger charge is -2.08. The van der Waals surface area contributed by atoms with E-state index in [1.165, 1.54) is 22.9 Å². The van der Waals surface area contributed by atoms with E-state index in [9.17, 15) is 14.9 Å². The smallest absolute Gasteiger partial charge is 0.285 e. The monoisotopic (exact) mass is 340 g/mol. The summed E-state index contributed by atoms with van der Waals surface area (Å²) in [4.78, 5) is 26.3. The van der Waals surface area contributed by atoms with E-state index in [-0.39, 0.29) is 17.8 Å². The van der Waals surface area contributed by atoms with Gasteiger partial charge in [-0.25, -0.2) is 4.98 Å². The minimum atomic E-state index is -0.523. The van der Waals surface area contributed by atoms with Crippen LogP contribution in [-0.2, 0) is 20.2 Å². The number of nitro groups is 1. The predicted octanol–water partition coefficient (Wildman–Crippen LogP) is 2.12. The fraction of sp³-hybridized carbons (Fsp3) is 0.176. The van der Waals surface area contributed by atoms with Crippen LogP contribution < -0.4 is 10.3 Å². The van der Waals surface area contributed by atoms with Crippen LogP contribution in [0, 0.1) is 10.1 Å². The van der Waals surface area contributed by atoms with Crippen molar-refractivity contribution in [3.63, 3.8) is 0 Å². The first-order chi connectivity index (χ1) is 12.0. The first kappa shape index (κ1) is 16.4. The number of aryl methyl sites for hydroxylation is 1. The second-order valence-electron chi connectivity index (χ2n) is 5.50. The molecule has 128 valence electrons. The van der Waals surface area contributed by atoms with Crippen molar-refractivity contribution in [1.82, 2.24) is 14.1 Å². The fourth-order valence-electron chi connectivity index (χ4n) is 2.32. The molecule has 3 rings (SSSR count). The van der Waals surface area contributed by atoms with Gasteiger partial charge in [-0.15, -0.1) is 0 Å². The topological polar surface area (TPSA) is 92.2 Å². The molecule has 0 aliphatic rings. The molecule has 25 heavy (non-hydrogen) atoms. The van der Waals surface area contributed by atoms with E-state index in [0.29, 0.717) is 12.4 Å². The maximum atomic E-state index is 11.8. The molecule has 0 bridgehead atoms. The van der Waals surface area contributed by atoms with Gasteiger partial charge in [0.15, 0.2) is 0 Å². The number of nitrogens with zero attached hydrogens (tertiary/aromatic N) is 4. The van der Waals surface area contributed by atoms with Gasteiger partial charge < -0.3 is 13.9 Å². The highest BCUT2D eigenvalue weighted by Crippen LogP contribution is 2.15. The lowest BCUT2D eigenvalue weighted by Crippen LogP contribution is -2.19. The third-order valence-electron chi connectivity index (χ3n) is 3.74. The van der Waals surface area contributed by atoms with Gasteiger partial charge in [0.1, 0.15) is 18.2 Å². The number of pyridine rings is 1. The average molecular weight is 340 g/mol. The first-order valence-electron chi connectivity index (χ1n) is 7.56. The Bertz CT molecular complexity index is 944. The summed E-state index contributed by atoms with van der Waals surface area (Å²) >= 11 is 0. The van der Waals surface area contributed by atoms with Crippen LogP contribution >= 0.6 is 0 Å². The van der Waals surface area contributed by atoms with Crippen LogP contribution in [0.5, 0.6) is 5.75 Å². The highest BCUT2D eigenvalue weighted by Gasteiger charge is 2.08. The van der Waals surface area contributed by atoms with Crippen LogP contribution in [-0.4, -0.2) is 19.0 Å². The van der Waals surface area contributed by atoms with Crippen molar-refractivity contribution < 1.29 is 9.66 Å². The van der Waals surface area contributed by atoms with E-state index in [0.717, 1.165) is 11.4 Å². The summed E-state index contributed by atoms with van der Waals surface area (Å²) in [6.07, 6.45) is 4.80. The molecule has 0 saturated heterocycles. The Morgan fingerprint density at radius 1 is 1.20 bits per heavy atom. The maximum absolute atomic E-state index is 11.8. The van der Waals surface area contributed by atoms with Gasteiger partial charge in [0.25, 0.3) is 11.2 Å². The van der Waals surface area contributed by atoms with Gasteiger partial charge in [-0.05, 0) is 17.7 Å². The molecule has 0 N–H and O–H groups in total. The van der Waals surface area contributed by atoms with Crippen molar-refractivity contribution in [2.45, 2.75) is 13.2 Å². The normalized spacial score (nSPS) is 10.6. The Labute approximate surface area is 143 Å². The molecular weight excluding hydrogens is 324 g/mol. The van der Waals surface area contributed by atoms with E-state index in [2.05, 4.69) is 4.98 Å². The molecule has 1 aromatic carbocycles. The first-order valence-corrected chi connectivity index (χ1v) is 7.56. The third-order valence-corrected chi connectivity index (χ3v) is 3.74. The molecule has 0 aliphatic heterocycles. The van der Waals surface area contributed by atoms with Gasteiger partial charge in [0.2, 0.25) is 0 Å². The summed E-state index contributed by atoms with van der Waals surface area (Å²) in [6, 6.07) is 9.62. The molecule has 0 atom stereocenters. The lowest BCUT2D eigenvalue weighted by atomic mass is 10.2. The standard InChI is InChI=1S/C17H16N4O4/c1-19-9-8-18-16(19)12-25-15-5-2-13(3-6-15)10-20-11-14(21(23)24)4-7-17(20)22/h2-9,11H,10,12H2,1H3. The van der Waals surface area contributed by atoms with E-state index in [4.69, 9.17) is 4.74 Å². The van der Waals surface area contributed by atoms with Crippen molar-refractivity contribution in [3.8, 4) is 5.75 Å². The molecule has 0 saturated carbocycles. The number of hydrogen-bond acceptors (Lipinski definition) is 5. The number of hydrogen-bond donors (Lipinski definition) is 0.